The first kappa shape index (κ1) is 10.5. The maximum Gasteiger partial charge on any atom is 0.191 e. The van der Waals surface area contributed by atoms with Gasteiger partial charge in [0.25, 0.3) is 0 Å². The Kier molecular flexibility index (Phi) is 3.19. The molecule has 0 radical (unpaired) electrons. The van der Waals surface area contributed by atoms with Gasteiger partial charge in [0, 0.05) is 10.6 Å². The van der Waals surface area contributed by atoms with Crippen LogP contribution < -0.4 is 0 Å². The summed E-state index contributed by atoms with van der Waals surface area (Å²) in [7, 11) is 2.99. The first-order chi connectivity index (χ1) is 6.66. The Morgan fingerprint density at radius 1 is 1.21 bits per heavy atom. The van der Waals surface area contributed by atoms with Crippen molar-refractivity contribution in [2.75, 3.05) is 0 Å². The van der Waals surface area contributed by atoms with Crippen LogP contribution in [0.3, 0.4) is 0 Å². The second-order valence-corrected chi connectivity index (χ2v) is 6.07. The Bertz CT molecular complexity index is 517. The predicted molar refractivity (Wildman–Crippen MR) is 66.3 cm³/mol. The molecule has 1 aromatic carbocycles. The molecule has 0 bridgehead atoms. The van der Waals surface area contributed by atoms with Crippen molar-refractivity contribution in [2.45, 2.75) is 0 Å². The SMILES string of the molecule is S=c1nc(-c2ccc(Cl)cc2Cl)ss1. The van der Waals surface area contributed by atoms with Crippen LogP contribution >= 0.6 is 56.1 Å². The highest BCUT2D eigenvalue weighted by Gasteiger charge is 2.07. The second-order valence-electron chi connectivity index (χ2n) is 2.47. The van der Waals surface area contributed by atoms with Gasteiger partial charge in [0.05, 0.1) is 5.02 Å². The zero-order valence-corrected chi connectivity index (χ0v) is 10.6. The molecule has 0 saturated carbocycles. The van der Waals surface area contributed by atoms with Crippen LogP contribution in [-0.2, 0) is 0 Å². The van der Waals surface area contributed by atoms with E-state index in [-0.39, 0.29) is 0 Å². The lowest BCUT2D eigenvalue weighted by Gasteiger charge is -1.99. The summed E-state index contributed by atoms with van der Waals surface area (Å²) in [4.78, 5) is 4.20. The molecule has 1 heterocycles. The molecule has 2 rings (SSSR count). The molecule has 0 amide bonds. The first-order valence-corrected chi connectivity index (χ1v) is 6.91. The number of benzene rings is 1. The fourth-order valence-corrected chi connectivity index (χ4v) is 3.65. The molecule has 72 valence electrons. The van der Waals surface area contributed by atoms with Gasteiger partial charge >= 0.3 is 0 Å². The Balaban J connectivity index is 2.57. The zero-order valence-electron chi connectivity index (χ0n) is 6.66. The van der Waals surface area contributed by atoms with E-state index in [0.717, 1.165) is 10.6 Å². The third kappa shape index (κ3) is 2.15. The fourth-order valence-electron chi connectivity index (χ4n) is 0.963. The minimum Gasteiger partial charge on any atom is -0.214 e. The van der Waals surface area contributed by atoms with Crippen molar-refractivity contribution < 1.29 is 0 Å². The summed E-state index contributed by atoms with van der Waals surface area (Å²) in [6, 6.07) is 5.34. The summed E-state index contributed by atoms with van der Waals surface area (Å²) in [5.74, 6) is 0. The smallest absolute Gasteiger partial charge is 0.191 e. The molecule has 0 spiro atoms. The quantitative estimate of drug-likeness (QED) is 0.544. The Labute approximate surface area is 103 Å². The number of hydrogen-bond donors (Lipinski definition) is 0. The van der Waals surface area contributed by atoms with Gasteiger partial charge in [0.2, 0.25) is 0 Å². The van der Waals surface area contributed by atoms with E-state index in [2.05, 4.69) is 4.98 Å². The van der Waals surface area contributed by atoms with Crippen LogP contribution in [0.25, 0.3) is 10.6 Å². The van der Waals surface area contributed by atoms with Gasteiger partial charge in [-0.15, -0.1) is 0 Å². The van der Waals surface area contributed by atoms with Crippen molar-refractivity contribution in [1.82, 2.24) is 4.98 Å². The molecule has 0 unspecified atom stereocenters. The monoisotopic (exact) mass is 279 g/mol. The minimum absolute atomic E-state index is 0.606. The number of nitrogens with zero attached hydrogens (tertiary/aromatic N) is 1. The van der Waals surface area contributed by atoms with Crippen LogP contribution in [0, 0.1) is 3.95 Å². The molecule has 14 heavy (non-hydrogen) atoms. The third-order valence-corrected chi connectivity index (χ3v) is 4.74. The van der Waals surface area contributed by atoms with E-state index in [0.29, 0.717) is 14.0 Å². The lowest BCUT2D eigenvalue weighted by Crippen LogP contribution is -1.77. The Morgan fingerprint density at radius 2 is 2.00 bits per heavy atom. The van der Waals surface area contributed by atoms with E-state index >= 15 is 0 Å². The van der Waals surface area contributed by atoms with Crippen LogP contribution in [0.15, 0.2) is 18.2 Å². The van der Waals surface area contributed by atoms with Gasteiger partial charge in [0.1, 0.15) is 5.01 Å². The van der Waals surface area contributed by atoms with Crippen molar-refractivity contribution in [3.8, 4) is 10.6 Å². The number of halogens is 2. The van der Waals surface area contributed by atoms with Crippen LogP contribution in [0.2, 0.25) is 10.0 Å². The highest BCUT2D eigenvalue weighted by atomic mass is 35.5. The van der Waals surface area contributed by atoms with Gasteiger partial charge in [-0.05, 0) is 40.8 Å². The molecule has 0 aliphatic heterocycles. The molecule has 6 heteroatoms. The standard InChI is InChI=1S/C8H3Cl2NS3/c9-4-1-2-5(6(10)3-4)7-11-8(12)14-13-7/h1-3H. The van der Waals surface area contributed by atoms with Gasteiger partial charge in [-0.2, -0.15) is 0 Å². The summed E-state index contributed by atoms with van der Waals surface area (Å²) >= 11 is 16.8. The van der Waals surface area contributed by atoms with Crippen molar-refractivity contribution in [2.24, 2.45) is 0 Å². The van der Waals surface area contributed by atoms with Gasteiger partial charge in [-0.3, -0.25) is 0 Å². The summed E-state index contributed by atoms with van der Waals surface area (Å²) in [6.07, 6.45) is 0. The van der Waals surface area contributed by atoms with Gasteiger partial charge < -0.3 is 0 Å². The number of aromatic nitrogens is 1. The van der Waals surface area contributed by atoms with Crippen LogP contribution in [0.4, 0.5) is 0 Å². The average Bonchev–Trinajstić information content (AvgIpc) is 2.51. The van der Waals surface area contributed by atoms with E-state index < -0.39 is 0 Å². The van der Waals surface area contributed by atoms with Gasteiger partial charge in [-0.25, -0.2) is 4.98 Å². The molecule has 1 nitrogen and oxygen atoms in total. The topological polar surface area (TPSA) is 12.9 Å². The lowest BCUT2D eigenvalue weighted by atomic mass is 10.2. The summed E-state index contributed by atoms with van der Waals surface area (Å²) < 4.78 is 0.635. The maximum absolute atomic E-state index is 6.03. The summed E-state index contributed by atoms with van der Waals surface area (Å²) in [5.41, 5.74) is 0.883. The van der Waals surface area contributed by atoms with Crippen molar-refractivity contribution in [3.05, 3.63) is 32.2 Å². The summed E-state index contributed by atoms with van der Waals surface area (Å²) in [6.45, 7) is 0. The molecule has 0 N–H and O–H groups in total. The molecule has 0 atom stereocenters. The molecule has 0 aliphatic carbocycles. The highest BCUT2D eigenvalue weighted by Crippen LogP contribution is 2.33. The molecule has 0 fully saturated rings. The van der Waals surface area contributed by atoms with Crippen molar-refractivity contribution in [1.29, 1.82) is 0 Å². The Morgan fingerprint density at radius 3 is 2.57 bits per heavy atom. The minimum atomic E-state index is 0.606. The normalized spacial score (nSPS) is 10.4. The van der Waals surface area contributed by atoms with Crippen LogP contribution in [-0.4, -0.2) is 4.98 Å². The van der Waals surface area contributed by atoms with E-state index in [1.54, 1.807) is 12.1 Å². The van der Waals surface area contributed by atoms with E-state index in [1.165, 1.54) is 20.7 Å². The lowest BCUT2D eigenvalue weighted by molar-refractivity contribution is 1.41. The van der Waals surface area contributed by atoms with Gasteiger partial charge in [-0.1, -0.05) is 33.5 Å². The van der Waals surface area contributed by atoms with Crippen LogP contribution in [0.1, 0.15) is 0 Å². The average molecular weight is 280 g/mol. The van der Waals surface area contributed by atoms with E-state index in [1.807, 2.05) is 6.07 Å². The molecule has 1 aromatic heterocycles. The Hall–Kier alpha value is -0.000000000000000111. The van der Waals surface area contributed by atoms with Crippen LogP contribution in [0.5, 0.6) is 0 Å². The molecule has 0 saturated heterocycles. The van der Waals surface area contributed by atoms with E-state index in [9.17, 15) is 0 Å². The predicted octanol–water partition coefficient (Wildman–Crippen LogP) is 4.91. The zero-order chi connectivity index (χ0) is 10.1. The molecular formula is C8H3Cl2NS3. The number of rotatable bonds is 1. The van der Waals surface area contributed by atoms with Crippen molar-refractivity contribution >= 4 is 56.1 Å². The fraction of sp³-hybridized carbons (Fsp3) is 0. The third-order valence-electron chi connectivity index (χ3n) is 1.55. The number of hydrogen-bond acceptors (Lipinski definition) is 4. The maximum atomic E-state index is 6.03. The highest BCUT2D eigenvalue weighted by molar-refractivity contribution is 7.79. The van der Waals surface area contributed by atoms with Gasteiger partial charge in [0.15, 0.2) is 3.95 Å². The molecular weight excluding hydrogens is 277 g/mol. The van der Waals surface area contributed by atoms with Crippen molar-refractivity contribution in [3.63, 3.8) is 0 Å². The largest absolute Gasteiger partial charge is 0.214 e. The first-order valence-electron chi connectivity index (χ1n) is 3.59. The molecule has 2 aromatic rings. The molecule has 0 aliphatic rings. The van der Waals surface area contributed by atoms with E-state index in [4.69, 9.17) is 35.4 Å². The second kappa shape index (κ2) is 4.24. The summed E-state index contributed by atoms with van der Waals surface area (Å²) in [5, 5.41) is 2.08.